The van der Waals surface area contributed by atoms with Crippen molar-refractivity contribution in [2.75, 3.05) is 10.2 Å². The van der Waals surface area contributed by atoms with Gasteiger partial charge in [-0.1, -0.05) is 0 Å². The van der Waals surface area contributed by atoms with Crippen molar-refractivity contribution < 1.29 is 8.81 Å². The molecule has 4 nitrogen and oxygen atoms in total. The SMILES string of the molecule is Cc1cc(=O)oc2cc(NC(=S)N3c4ccc(F)cc4CC[C@@H]3C)ccc12. The van der Waals surface area contributed by atoms with Gasteiger partial charge in [-0.05, 0) is 80.4 Å². The fourth-order valence-electron chi connectivity index (χ4n) is 3.62. The van der Waals surface area contributed by atoms with Crippen LogP contribution in [0.4, 0.5) is 15.8 Å². The number of halogens is 1. The van der Waals surface area contributed by atoms with E-state index in [1.807, 2.05) is 24.0 Å². The van der Waals surface area contributed by atoms with E-state index in [1.54, 1.807) is 18.2 Å². The van der Waals surface area contributed by atoms with Crippen molar-refractivity contribution in [2.45, 2.75) is 32.7 Å². The molecule has 27 heavy (non-hydrogen) atoms. The molecule has 0 spiro atoms. The Morgan fingerprint density at radius 3 is 2.89 bits per heavy atom. The van der Waals surface area contributed by atoms with Gasteiger partial charge in [0.05, 0.1) is 0 Å². The number of nitrogens with one attached hydrogen (secondary N) is 1. The standard InChI is InChI=1S/C21H19FN2O2S/c1-12-9-20(25)26-19-11-16(6-7-17(12)19)23-21(27)24-13(2)3-4-14-10-15(22)5-8-18(14)24/h5-11,13H,3-4H2,1-2H3,(H,23,27)/t13-/m0/s1. The van der Waals surface area contributed by atoms with Crippen LogP contribution in [0, 0.1) is 12.7 Å². The van der Waals surface area contributed by atoms with Crippen molar-refractivity contribution in [1.82, 2.24) is 0 Å². The van der Waals surface area contributed by atoms with Crippen LogP contribution in [0.25, 0.3) is 11.0 Å². The van der Waals surface area contributed by atoms with Crippen LogP contribution in [0.5, 0.6) is 0 Å². The Morgan fingerprint density at radius 2 is 2.07 bits per heavy atom. The minimum Gasteiger partial charge on any atom is -0.423 e. The summed E-state index contributed by atoms with van der Waals surface area (Å²) >= 11 is 5.65. The Morgan fingerprint density at radius 1 is 1.26 bits per heavy atom. The first-order valence-corrected chi connectivity index (χ1v) is 9.26. The average molecular weight is 382 g/mol. The number of nitrogens with zero attached hydrogens (tertiary/aromatic N) is 1. The summed E-state index contributed by atoms with van der Waals surface area (Å²) in [6, 6.07) is 12.1. The lowest BCUT2D eigenvalue weighted by Gasteiger charge is -2.37. The third-order valence-corrected chi connectivity index (χ3v) is 5.29. The molecule has 3 aromatic rings. The number of aryl methyl sites for hydroxylation is 2. The second-order valence-corrected chi connectivity index (χ2v) is 7.31. The Labute approximate surface area is 161 Å². The molecule has 2 aromatic carbocycles. The van der Waals surface area contributed by atoms with Gasteiger partial charge >= 0.3 is 5.63 Å². The maximum atomic E-state index is 13.6. The molecule has 0 saturated carbocycles. The first-order valence-electron chi connectivity index (χ1n) is 8.85. The second-order valence-electron chi connectivity index (χ2n) is 6.92. The maximum absolute atomic E-state index is 13.6. The van der Waals surface area contributed by atoms with E-state index in [0.29, 0.717) is 10.7 Å². The molecule has 138 valence electrons. The summed E-state index contributed by atoms with van der Waals surface area (Å²) in [5, 5.41) is 4.65. The predicted octanol–water partition coefficient (Wildman–Crippen LogP) is 4.78. The van der Waals surface area contributed by atoms with Gasteiger partial charge in [0.25, 0.3) is 0 Å². The Bertz CT molecular complexity index is 1110. The van der Waals surface area contributed by atoms with Crippen LogP contribution < -0.4 is 15.8 Å². The molecule has 2 heterocycles. The minimum absolute atomic E-state index is 0.198. The van der Waals surface area contributed by atoms with E-state index in [2.05, 4.69) is 12.2 Å². The first-order chi connectivity index (χ1) is 12.9. The van der Waals surface area contributed by atoms with E-state index in [1.165, 1.54) is 12.1 Å². The molecule has 4 rings (SSSR count). The zero-order chi connectivity index (χ0) is 19.1. The van der Waals surface area contributed by atoms with Gasteiger partial charge in [-0.3, -0.25) is 0 Å². The third-order valence-electron chi connectivity index (χ3n) is 4.99. The van der Waals surface area contributed by atoms with E-state index in [4.69, 9.17) is 16.6 Å². The number of rotatable bonds is 1. The summed E-state index contributed by atoms with van der Waals surface area (Å²) in [6.45, 7) is 3.98. The highest BCUT2D eigenvalue weighted by atomic mass is 32.1. The third kappa shape index (κ3) is 3.32. The van der Waals surface area contributed by atoms with E-state index in [-0.39, 0.29) is 17.5 Å². The van der Waals surface area contributed by atoms with Crippen LogP contribution in [0.15, 0.2) is 51.7 Å². The normalized spacial score (nSPS) is 16.3. The van der Waals surface area contributed by atoms with Gasteiger partial charge in [0.2, 0.25) is 0 Å². The molecule has 0 unspecified atom stereocenters. The van der Waals surface area contributed by atoms with Crippen molar-refractivity contribution in [1.29, 1.82) is 0 Å². The zero-order valence-electron chi connectivity index (χ0n) is 15.1. The molecular weight excluding hydrogens is 363 g/mol. The summed E-state index contributed by atoms with van der Waals surface area (Å²) in [5.74, 6) is -0.234. The van der Waals surface area contributed by atoms with Crippen molar-refractivity contribution in [2.24, 2.45) is 0 Å². The van der Waals surface area contributed by atoms with Crippen molar-refractivity contribution in [3.63, 3.8) is 0 Å². The lowest BCUT2D eigenvalue weighted by molar-refractivity contribution is 0.560. The highest BCUT2D eigenvalue weighted by Gasteiger charge is 2.26. The number of hydrogen-bond donors (Lipinski definition) is 1. The second kappa shape index (κ2) is 6.78. The van der Waals surface area contributed by atoms with Gasteiger partial charge in [0.1, 0.15) is 11.4 Å². The van der Waals surface area contributed by atoms with Gasteiger partial charge in [0.15, 0.2) is 5.11 Å². The van der Waals surface area contributed by atoms with Crippen LogP contribution in [0.2, 0.25) is 0 Å². The van der Waals surface area contributed by atoms with Crippen molar-refractivity contribution >= 4 is 39.7 Å². The molecule has 1 aromatic heterocycles. The first kappa shape index (κ1) is 17.7. The van der Waals surface area contributed by atoms with Gasteiger partial charge in [0, 0.05) is 34.9 Å². The number of hydrogen-bond acceptors (Lipinski definition) is 3. The molecule has 1 N–H and O–H groups in total. The number of benzene rings is 2. The Hall–Kier alpha value is -2.73. The summed E-state index contributed by atoms with van der Waals surface area (Å²) in [6.07, 6.45) is 1.72. The molecule has 0 bridgehead atoms. The summed E-state index contributed by atoms with van der Waals surface area (Å²) in [5.41, 5.74) is 3.63. The van der Waals surface area contributed by atoms with Crippen LogP contribution in [0.3, 0.4) is 0 Å². The summed E-state index contributed by atoms with van der Waals surface area (Å²) in [4.78, 5) is 13.7. The smallest absolute Gasteiger partial charge is 0.336 e. The molecule has 0 saturated heterocycles. The number of anilines is 2. The number of thiocarbonyl (C=S) groups is 1. The predicted molar refractivity (Wildman–Crippen MR) is 110 cm³/mol. The molecular formula is C21H19FN2O2S. The number of fused-ring (bicyclic) bond motifs is 2. The minimum atomic E-state index is -0.375. The largest absolute Gasteiger partial charge is 0.423 e. The molecule has 1 aliphatic rings. The van der Waals surface area contributed by atoms with Crippen LogP contribution in [-0.2, 0) is 6.42 Å². The van der Waals surface area contributed by atoms with Crippen LogP contribution in [-0.4, -0.2) is 11.2 Å². The molecule has 0 aliphatic carbocycles. The molecule has 0 fully saturated rings. The monoisotopic (exact) mass is 382 g/mol. The van der Waals surface area contributed by atoms with Gasteiger partial charge in [-0.15, -0.1) is 0 Å². The molecule has 1 atom stereocenters. The van der Waals surface area contributed by atoms with E-state index in [0.717, 1.165) is 40.7 Å². The topological polar surface area (TPSA) is 45.5 Å². The zero-order valence-corrected chi connectivity index (χ0v) is 15.9. The van der Waals surface area contributed by atoms with Crippen molar-refractivity contribution in [3.8, 4) is 0 Å². The van der Waals surface area contributed by atoms with Crippen LogP contribution in [0.1, 0.15) is 24.5 Å². The summed E-state index contributed by atoms with van der Waals surface area (Å²) in [7, 11) is 0. The van der Waals surface area contributed by atoms with Gasteiger partial charge in [-0.25, -0.2) is 9.18 Å². The Balaban J connectivity index is 1.66. The average Bonchev–Trinajstić information content (AvgIpc) is 2.61. The van der Waals surface area contributed by atoms with E-state index < -0.39 is 0 Å². The molecule has 1 aliphatic heterocycles. The lowest BCUT2D eigenvalue weighted by atomic mass is 9.97. The van der Waals surface area contributed by atoms with Crippen molar-refractivity contribution in [3.05, 3.63) is 69.8 Å². The van der Waals surface area contributed by atoms with E-state index >= 15 is 0 Å². The fourth-order valence-corrected chi connectivity index (χ4v) is 4.01. The summed E-state index contributed by atoms with van der Waals surface area (Å²) < 4.78 is 18.9. The highest BCUT2D eigenvalue weighted by molar-refractivity contribution is 7.80. The van der Waals surface area contributed by atoms with Gasteiger partial charge in [-0.2, -0.15) is 0 Å². The highest BCUT2D eigenvalue weighted by Crippen LogP contribution is 2.32. The lowest BCUT2D eigenvalue weighted by Crippen LogP contribution is -2.44. The molecule has 0 amide bonds. The van der Waals surface area contributed by atoms with Gasteiger partial charge < -0.3 is 14.6 Å². The Kier molecular flexibility index (Phi) is 4.44. The fraction of sp³-hybridized carbons (Fsp3) is 0.238. The van der Waals surface area contributed by atoms with Crippen LogP contribution >= 0.6 is 12.2 Å². The van der Waals surface area contributed by atoms with E-state index in [9.17, 15) is 9.18 Å². The molecule has 6 heteroatoms. The quantitative estimate of drug-likeness (QED) is 0.485. The maximum Gasteiger partial charge on any atom is 0.336 e. The molecule has 0 radical (unpaired) electrons.